The fraction of sp³-hybridized carbons (Fsp3) is 0.667. The molecule has 0 amide bonds. The van der Waals surface area contributed by atoms with E-state index in [4.69, 9.17) is 0 Å². The molecule has 0 spiro atoms. The van der Waals surface area contributed by atoms with Gasteiger partial charge in [0.05, 0.1) is 0 Å². The Balaban J connectivity index is 2.02. The minimum atomic E-state index is 1.04. The van der Waals surface area contributed by atoms with Crippen LogP contribution in [0.1, 0.15) is 43.7 Å². The van der Waals surface area contributed by atoms with Crippen molar-refractivity contribution in [3.8, 4) is 0 Å². The highest BCUT2D eigenvalue weighted by Gasteiger charge is 1.97. The van der Waals surface area contributed by atoms with Gasteiger partial charge in [0.2, 0.25) is 0 Å². The molecule has 1 aromatic rings. The summed E-state index contributed by atoms with van der Waals surface area (Å²) in [4.78, 5) is 0. The van der Waals surface area contributed by atoms with Crippen LogP contribution in [-0.4, -0.2) is 6.54 Å². The van der Waals surface area contributed by atoms with E-state index in [1.165, 1.54) is 36.8 Å². The second-order valence-electron chi connectivity index (χ2n) is 3.82. The molecule has 14 heavy (non-hydrogen) atoms. The average Bonchev–Trinajstić information content (AvgIpc) is 2.58. The molecular formula is C12H21NS. The van der Waals surface area contributed by atoms with E-state index in [2.05, 4.69) is 29.9 Å². The van der Waals surface area contributed by atoms with E-state index in [-0.39, 0.29) is 0 Å². The zero-order valence-electron chi connectivity index (χ0n) is 9.31. The Morgan fingerprint density at radius 3 is 2.71 bits per heavy atom. The molecule has 2 heteroatoms. The van der Waals surface area contributed by atoms with E-state index in [1.807, 2.05) is 0 Å². The Hall–Kier alpha value is -0.340. The molecular weight excluding hydrogens is 190 g/mol. The molecule has 0 fully saturated rings. The summed E-state index contributed by atoms with van der Waals surface area (Å²) in [6.07, 6.45) is 5.38. The SMILES string of the molecule is CCCCCCNCc1cscc1C. The van der Waals surface area contributed by atoms with Gasteiger partial charge < -0.3 is 5.32 Å². The third-order valence-electron chi connectivity index (χ3n) is 2.48. The van der Waals surface area contributed by atoms with E-state index in [0.717, 1.165) is 13.1 Å². The maximum absolute atomic E-state index is 3.49. The van der Waals surface area contributed by atoms with E-state index < -0.39 is 0 Å². The molecule has 0 aliphatic heterocycles. The molecule has 1 nitrogen and oxygen atoms in total. The van der Waals surface area contributed by atoms with Gasteiger partial charge in [-0.05, 0) is 41.8 Å². The second kappa shape index (κ2) is 7.02. The maximum Gasteiger partial charge on any atom is 0.0216 e. The van der Waals surface area contributed by atoms with Gasteiger partial charge in [0, 0.05) is 6.54 Å². The van der Waals surface area contributed by atoms with Crippen LogP contribution in [0.3, 0.4) is 0 Å². The molecule has 0 aliphatic rings. The minimum absolute atomic E-state index is 1.04. The summed E-state index contributed by atoms with van der Waals surface area (Å²) in [5, 5.41) is 7.95. The highest BCUT2D eigenvalue weighted by atomic mass is 32.1. The van der Waals surface area contributed by atoms with Crippen LogP contribution in [0.25, 0.3) is 0 Å². The lowest BCUT2D eigenvalue weighted by Gasteiger charge is -2.03. The summed E-state index contributed by atoms with van der Waals surface area (Å²) in [5.41, 5.74) is 2.89. The number of thiophene rings is 1. The molecule has 80 valence electrons. The second-order valence-corrected chi connectivity index (χ2v) is 4.56. The fourth-order valence-corrected chi connectivity index (χ4v) is 2.32. The predicted octanol–water partition coefficient (Wildman–Crippen LogP) is 3.73. The minimum Gasteiger partial charge on any atom is -0.313 e. The molecule has 0 radical (unpaired) electrons. The molecule has 1 N–H and O–H groups in total. The van der Waals surface area contributed by atoms with Crippen molar-refractivity contribution in [2.24, 2.45) is 0 Å². The number of unbranched alkanes of at least 4 members (excludes halogenated alkanes) is 3. The Labute approximate surface area is 91.5 Å². The maximum atomic E-state index is 3.49. The van der Waals surface area contributed by atoms with Gasteiger partial charge >= 0.3 is 0 Å². The summed E-state index contributed by atoms with van der Waals surface area (Å²) < 4.78 is 0. The lowest BCUT2D eigenvalue weighted by molar-refractivity contribution is 0.598. The summed E-state index contributed by atoms with van der Waals surface area (Å²) in [6.45, 7) is 6.64. The van der Waals surface area contributed by atoms with Crippen LogP contribution in [0.5, 0.6) is 0 Å². The molecule has 0 atom stereocenters. The summed E-state index contributed by atoms with van der Waals surface area (Å²) in [5.74, 6) is 0. The average molecular weight is 211 g/mol. The van der Waals surface area contributed by atoms with Crippen molar-refractivity contribution in [3.05, 3.63) is 21.9 Å². The first-order valence-corrected chi connectivity index (χ1v) is 6.51. The monoisotopic (exact) mass is 211 g/mol. The smallest absolute Gasteiger partial charge is 0.0216 e. The quantitative estimate of drug-likeness (QED) is 0.678. The van der Waals surface area contributed by atoms with Crippen LogP contribution >= 0.6 is 11.3 Å². The van der Waals surface area contributed by atoms with Gasteiger partial charge in [0.25, 0.3) is 0 Å². The van der Waals surface area contributed by atoms with E-state index >= 15 is 0 Å². The number of hydrogen-bond acceptors (Lipinski definition) is 2. The third-order valence-corrected chi connectivity index (χ3v) is 3.39. The molecule has 1 aromatic heterocycles. The first-order chi connectivity index (χ1) is 6.84. The Kier molecular flexibility index (Phi) is 5.88. The van der Waals surface area contributed by atoms with Gasteiger partial charge in [-0.3, -0.25) is 0 Å². The first-order valence-electron chi connectivity index (χ1n) is 5.57. The van der Waals surface area contributed by atoms with Crippen molar-refractivity contribution in [2.75, 3.05) is 6.54 Å². The fourth-order valence-electron chi connectivity index (χ4n) is 1.47. The zero-order chi connectivity index (χ0) is 10.2. The number of aryl methyl sites for hydroxylation is 1. The van der Waals surface area contributed by atoms with Gasteiger partial charge in [-0.25, -0.2) is 0 Å². The lowest BCUT2D eigenvalue weighted by atomic mass is 10.2. The van der Waals surface area contributed by atoms with Crippen LogP contribution in [0.2, 0.25) is 0 Å². The lowest BCUT2D eigenvalue weighted by Crippen LogP contribution is -2.14. The Morgan fingerprint density at radius 2 is 2.07 bits per heavy atom. The molecule has 0 unspecified atom stereocenters. The van der Waals surface area contributed by atoms with Crippen molar-refractivity contribution >= 4 is 11.3 Å². The van der Waals surface area contributed by atoms with E-state index in [1.54, 1.807) is 11.3 Å². The highest BCUT2D eigenvalue weighted by molar-refractivity contribution is 7.08. The third kappa shape index (κ3) is 4.25. The molecule has 1 heterocycles. The standard InChI is InChI=1S/C12H21NS/c1-3-4-5-6-7-13-8-12-10-14-9-11(12)2/h9-10,13H,3-8H2,1-2H3. The van der Waals surface area contributed by atoms with E-state index in [9.17, 15) is 0 Å². The Bertz CT molecular complexity index is 242. The van der Waals surface area contributed by atoms with Gasteiger partial charge in [0.15, 0.2) is 0 Å². The van der Waals surface area contributed by atoms with Gasteiger partial charge in [-0.15, -0.1) is 0 Å². The van der Waals surface area contributed by atoms with Crippen molar-refractivity contribution < 1.29 is 0 Å². The molecule has 0 bridgehead atoms. The summed E-state index contributed by atoms with van der Waals surface area (Å²) in [6, 6.07) is 0. The van der Waals surface area contributed by atoms with E-state index in [0.29, 0.717) is 0 Å². The number of nitrogens with one attached hydrogen (secondary N) is 1. The normalized spacial score (nSPS) is 10.7. The van der Waals surface area contributed by atoms with Crippen LogP contribution < -0.4 is 5.32 Å². The van der Waals surface area contributed by atoms with Crippen molar-refractivity contribution in [2.45, 2.75) is 46.1 Å². The first kappa shape index (κ1) is 11.7. The molecule has 1 rings (SSSR count). The summed E-state index contributed by atoms with van der Waals surface area (Å²) >= 11 is 1.80. The van der Waals surface area contributed by atoms with Gasteiger partial charge in [0.1, 0.15) is 0 Å². The van der Waals surface area contributed by atoms with Crippen molar-refractivity contribution in [3.63, 3.8) is 0 Å². The largest absolute Gasteiger partial charge is 0.313 e. The van der Waals surface area contributed by atoms with Crippen LogP contribution in [-0.2, 0) is 6.54 Å². The molecule has 0 saturated carbocycles. The van der Waals surface area contributed by atoms with Crippen LogP contribution in [0.15, 0.2) is 10.8 Å². The molecule has 0 aromatic carbocycles. The van der Waals surface area contributed by atoms with Gasteiger partial charge in [-0.1, -0.05) is 26.2 Å². The van der Waals surface area contributed by atoms with Gasteiger partial charge in [-0.2, -0.15) is 11.3 Å². The summed E-state index contributed by atoms with van der Waals surface area (Å²) in [7, 11) is 0. The highest BCUT2D eigenvalue weighted by Crippen LogP contribution is 2.12. The topological polar surface area (TPSA) is 12.0 Å². The number of hydrogen-bond donors (Lipinski definition) is 1. The number of rotatable bonds is 7. The van der Waals surface area contributed by atoms with Crippen LogP contribution in [0, 0.1) is 6.92 Å². The van der Waals surface area contributed by atoms with Crippen molar-refractivity contribution in [1.82, 2.24) is 5.32 Å². The predicted molar refractivity (Wildman–Crippen MR) is 64.9 cm³/mol. The molecule has 0 saturated heterocycles. The van der Waals surface area contributed by atoms with Crippen molar-refractivity contribution in [1.29, 1.82) is 0 Å². The molecule has 0 aliphatic carbocycles. The Morgan fingerprint density at radius 1 is 1.21 bits per heavy atom. The zero-order valence-corrected chi connectivity index (χ0v) is 10.1. The van der Waals surface area contributed by atoms with Crippen LogP contribution in [0.4, 0.5) is 0 Å².